The average Bonchev–Trinajstić information content (AvgIpc) is 2.03. The van der Waals surface area contributed by atoms with Gasteiger partial charge in [0.2, 0.25) is 5.91 Å². The van der Waals surface area contributed by atoms with Crippen LogP contribution in [0, 0.1) is 0 Å². The van der Waals surface area contributed by atoms with E-state index in [0.717, 1.165) is 12.8 Å². The van der Waals surface area contributed by atoms with Gasteiger partial charge in [0.25, 0.3) is 0 Å². The number of rotatable bonds is 4. The van der Waals surface area contributed by atoms with Crippen LogP contribution in [0.2, 0.25) is 0 Å². The molecule has 0 saturated heterocycles. The Bertz CT molecular complexity index is 207. The minimum atomic E-state index is -0.692. The largest absolute Gasteiger partial charge is 0.335 e. The Balaban J connectivity index is 3.81. The first-order valence-electron chi connectivity index (χ1n) is 4.72. The summed E-state index contributed by atoms with van der Waals surface area (Å²) in [4.78, 5) is 22.1. The monoisotopic (exact) mass is 220 g/mol. The lowest BCUT2D eigenvalue weighted by molar-refractivity contribution is -0.119. The molecule has 0 aromatic heterocycles. The molecule has 0 rings (SSSR count). The van der Waals surface area contributed by atoms with E-state index in [1.807, 2.05) is 13.8 Å². The molecule has 2 unspecified atom stereocenters. The molecule has 0 fully saturated rings. The first kappa shape index (κ1) is 13.2. The highest BCUT2D eigenvalue weighted by atomic mass is 35.5. The van der Waals surface area contributed by atoms with Crippen molar-refractivity contribution in [3.63, 3.8) is 0 Å². The molecule has 0 heterocycles. The van der Waals surface area contributed by atoms with E-state index in [0.29, 0.717) is 0 Å². The van der Waals surface area contributed by atoms with E-state index in [2.05, 4.69) is 10.6 Å². The van der Waals surface area contributed by atoms with Gasteiger partial charge >= 0.3 is 6.03 Å². The summed E-state index contributed by atoms with van der Waals surface area (Å²) in [5, 5.41) is 4.09. The van der Waals surface area contributed by atoms with Crippen LogP contribution in [0.25, 0.3) is 0 Å². The number of carbonyl (C=O) groups is 2. The van der Waals surface area contributed by atoms with Gasteiger partial charge in [-0.3, -0.25) is 10.1 Å². The van der Waals surface area contributed by atoms with Crippen molar-refractivity contribution in [3.05, 3.63) is 0 Å². The lowest BCUT2D eigenvalue weighted by atomic mass is 10.2. The molecule has 14 heavy (non-hydrogen) atoms. The number of amides is 3. The first-order valence-corrected chi connectivity index (χ1v) is 5.16. The van der Waals surface area contributed by atoms with Crippen molar-refractivity contribution >= 4 is 23.5 Å². The lowest BCUT2D eigenvalue weighted by Gasteiger charge is -2.13. The molecule has 0 aliphatic carbocycles. The second kappa shape index (κ2) is 6.65. The van der Waals surface area contributed by atoms with Gasteiger partial charge in [-0.25, -0.2) is 4.79 Å². The summed E-state index contributed by atoms with van der Waals surface area (Å²) in [5.41, 5.74) is 0. The predicted octanol–water partition coefficient (Wildman–Crippen LogP) is 1.63. The van der Waals surface area contributed by atoms with Crippen molar-refractivity contribution in [1.29, 1.82) is 0 Å². The van der Waals surface area contributed by atoms with Crippen LogP contribution in [0.1, 0.15) is 33.6 Å². The Hall–Kier alpha value is -0.770. The number of urea groups is 1. The van der Waals surface area contributed by atoms with Gasteiger partial charge in [0.05, 0.1) is 0 Å². The van der Waals surface area contributed by atoms with E-state index in [1.54, 1.807) is 0 Å². The van der Waals surface area contributed by atoms with Crippen LogP contribution in [0.15, 0.2) is 0 Å². The summed E-state index contributed by atoms with van der Waals surface area (Å²) in [5.74, 6) is -0.479. The fraction of sp³-hybridized carbons (Fsp3) is 0.778. The molecule has 4 nitrogen and oxygen atoms in total. The highest BCUT2D eigenvalue weighted by Crippen LogP contribution is 1.95. The third kappa shape index (κ3) is 5.80. The maximum atomic E-state index is 11.1. The van der Waals surface area contributed by atoms with Crippen LogP contribution >= 0.6 is 11.6 Å². The summed E-state index contributed by atoms with van der Waals surface area (Å²) in [6.45, 7) is 5.43. The van der Waals surface area contributed by atoms with Gasteiger partial charge in [-0.05, 0) is 20.3 Å². The van der Waals surface area contributed by atoms with Gasteiger partial charge in [-0.2, -0.15) is 0 Å². The maximum Gasteiger partial charge on any atom is 0.321 e. The number of carbonyl (C=O) groups excluding carboxylic acids is 2. The molecule has 0 aromatic carbocycles. The molecular weight excluding hydrogens is 204 g/mol. The predicted molar refractivity (Wildman–Crippen MR) is 56.4 cm³/mol. The SMILES string of the molecule is CCCC(C)NC(=O)NC(=O)C(C)Cl. The minimum Gasteiger partial charge on any atom is -0.335 e. The average molecular weight is 221 g/mol. The molecule has 5 heteroatoms. The maximum absolute atomic E-state index is 11.1. The van der Waals surface area contributed by atoms with Crippen molar-refractivity contribution in [3.8, 4) is 0 Å². The summed E-state index contributed by atoms with van der Waals surface area (Å²) in [7, 11) is 0. The van der Waals surface area contributed by atoms with Gasteiger partial charge in [0, 0.05) is 6.04 Å². The van der Waals surface area contributed by atoms with Gasteiger partial charge in [-0.15, -0.1) is 11.6 Å². The third-order valence-electron chi connectivity index (χ3n) is 1.70. The Kier molecular flexibility index (Phi) is 6.28. The summed E-state index contributed by atoms with van der Waals surface area (Å²) < 4.78 is 0. The number of imide groups is 1. The number of nitrogens with one attached hydrogen (secondary N) is 2. The molecule has 0 radical (unpaired) electrons. The van der Waals surface area contributed by atoms with Crippen molar-refractivity contribution < 1.29 is 9.59 Å². The fourth-order valence-electron chi connectivity index (χ4n) is 0.976. The van der Waals surface area contributed by atoms with Crippen LogP contribution < -0.4 is 10.6 Å². The molecular formula is C9H17ClN2O2. The summed E-state index contributed by atoms with van der Waals surface area (Å²) in [6.07, 6.45) is 1.87. The van der Waals surface area contributed by atoms with Gasteiger partial charge in [0.15, 0.2) is 0 Å². The van der Waals surface area contributed by atoms with Crippen molar-refractivity contribution in [1.82, 2.24) is 10.6 Å². The Morgan fingerprint density at radius 2 is 1.93 bits per heavy atom. The molecule has 2 atom stereocenters. The quantitative estimate of drug-likeness (QED) is 0.708. The zero-order valence-electron chi connectivity index (χ0n) is 8.76. The molecule has 0 aliphatic heterocycles. The van der Waals surface area contributed by atoms with Crippen molar-refractivity contribution in [2.75, 3.05) is 0 Å². The van der Waals surface area contributed by atoms with Gasteiger partial charge in [-0.1, -0.05) is 13.3 Å². The molecule has 82 valence electrons. The lowest BCUT2D eigenvalue weighted by Crippen LogP contribution is -2.45. The minimum absolute atomic E-state index is 0.0680. The third-order valence-corrected chi connectivity index (χ3v) is 1.90. The molecule has 0 aliphatic rings. The zero-order valence-corrected chi connectivity index (χ0v) is 9.52. The molecule has 0 aromatic rings. The number of halogens is 1. The smallest absolute Gasteiger partial charge is 0.321 e. The van der Waals surface area contributed by atoms with E-state index in [9.17, 15) is 9.59 Å². The second-order valence-electron chi connectivity index (χ2n) is 3.27. The number of hydrogen-bond acceptors (Lipinski definition) is 2. The van der Waals surface area contributed by atoms with Crippen LogP contribution in [0.4, 0.5) is 4.79 Å². The highest BCUT2D eigenvalue weighted by molar-refractivity contribution is 6.31. The first-order chi connectivity index (χ1) is 6.47. The Labute approximate surface area is 89.4 Å². The normalized spacial score (nSPS) is 14.3. The van der Waals surface area contributed by atoms with Crippen molar-refractivity contribution in [2.24, 2.45) is 0 Å². The Morgan fingerprint density at radius 3 is 2.36 bits per heavy atom. The van der Waals surface area contributed by atoms with E-state index >= 15 is 0 Å². The standard InChI is InChI=1S/C9H17ClN2O2/c1-4-5-6(2)11-9(14)12-8(13)7(3)10/h6-7H,4-5H2,1-3H3,(H2,11,12,13,14). The number of alkyl halides is 1. The molecule has 0 bridgehead atoms. The van der Waals surface area contributed by atoms with E-state index < -0.39 is 17.3 Å². The molecule has 2 N–H and O–H groups in total. The Morgan fingerprint density at radius 1 is 1.36 bits per heavy atom. The van der Waals surface area contributed by atoms with Gasteiger partial charge < -0.3 is 5.32 Å². The van der Waals surface area contributed by atoms with E-state index in [1.165, 1.54) is 6.92 Å². The van der Waals surface area contributed by atoms with Crippen LogP contribution in [-0.4, -0.2) is 23.4 Å². The van der Waals surface area contributed by atoms with Crippen molar-refractivity contribution in [2.45, 2.75) is 45.0 Å². The molecule has 0 spiro atoms. The molecule has 0 saturated carbocycles. The highest BCUT2D eigenvalue weighted by Gasteiger charge is 2.13. The van der Waals surface area contributed by atoms with E-state index in [-0.39, 0.29) is 6.04 Å². The fourth-order valence-corrected chi connectivity index (χ4v) is 1.03. The van der Waals surface area contributed by atoms with Gasteiger partial charge in [0.1, 0.15) is 5.38 Å². The summed E-state index contributed by atoms with van der Waals surface area (Å²) in [6, 6.07) is -0.415. The van der Waals surface area contributed by atoms with Crippen LogP contribution in [0.3, 0.4) is 0 Å². The molecule has 3 amide bonds. The zero-order chi connectivity index (χ0) is 11.1. The topological polar surface area (TPSA) is 58.2 Å². The van der Waals surface area contributed by atoms with Crippen LogP contribution in [-0.2, 0) is 4.79 Å². The van der Waals surface area contributed by atoms with E-state index in [4.69, 9.17) is 11.6 Å². The number of hydrogen-bond donors (Lipinski definition) is 2. The summed E-state index contributed by atoms with van der Waals surface area (Å²) >= 11 is 5.48. The van der Waals surface area contributed by atoms with Crippen LogP contribution in [0.5, 0.6) is 0 Å². The second-order valence-corrected chi connectivity index (χ2v) is 3.92.